The van der Waals surface area contributed by atoms with Crippen molar-refractivity contribution >= 4 is 21.5 Å². The van der Waals surface area contributed by atoms with Crippen molar-refractivity contribution in [3.8, 4) is 56.4 Å². The van der Waals surface area contributed by atoms with Gasteiger partial charge in [0.25, 0.3) is 0 Å². The molecule has 8 aromatic rings. The van der Waals surface area contributed by atoms with Crippen LogP contribution in [0.4, 0.5) is 0 Å². The van der Waals surface area contributed by atoms with Gasteiger partial charge in [-0.05, 0) is 55.9 Å². The third-order valence-corrected chi connectivity index (χ3v) is 8.13. The highest BCUT2D eigenvalue weighted by Gasteiger charge is 2.17. The molecule has 8 rings (SSSR count). The highest BCUT2D eigenvalue weighted by molar-refractivity contribution is 5.98. The molecule has 44 heavy (non-hydrogen) atoms. The van der Waals surface area contributed by atoms with E-state index in [4.69, 9.17) is 15.0 Å². The average molecular weight is 562 g/mol. The van der Waals surface area contributed by atoms with E-state index in [1.54, 1.807) is 0 Å². The summed E-state index contributed by atoms with van der Waals surface area (Å²) in [4.78, 5) is 15.3. The lowest BCUT2D eigenvalue weighted by Crippen LogP contribution is -2.01. The summed E-state index contributed by atoms with van der Waals surface area (Å²) in [6.07, 6.45) is 0. The van der Waals surface area contributed by atoms with E-state index in [1.165, 1.54) is 16.3 Å². The largest absolute Gasteiger partial charge is 0.208 e. The molecule has 0 bridgehead atoms. The summed E-state index contributed by atoms with van der Waals surface area (Å²) < 4.78 is 0. The van der Waals surface area contributed by atoms with Crippen LogP contribution in [0.5, 0.6) is 0 Å². The second-order valence-electron chi connectivity index (χ2n) is 10.9. The molecule has 0 aliphatic carbocycles. The van der Waals surface area contributed by atoms with E-state index in [1.807, 2.05) is 24.3 Å². The zero-order valence-corrected chi connectivity index (χ0v) is 23.9. The van der Waals surface area contributed by atoms with Crippen molar-refractivity contribution in [1.29, 1.82) is 0 Å². The lowest BCUT2D eigenvalue weighted by Gasteiger charge is -2.14. The molecule has 206 valence electrons. The standard InChI is InChI=1S/C41H27N3/c1-3-12-28(13-4-1)33-24-23-30-18-11-21-37(38(30)27-33)41-43-39(31-15-5-2-6-16-31)42-40(44-41)36-20-10-9-19-35(36)34-25-22-29-14-7-8-17-32(29)26-34/h1-27H. The van der Waals surface area contributed by atoms with Gasteiger partial charge < -0.3 is 0 Å². The number of aromatic nitrogens is 3. The van der Waals surface area contributed by atoms with Crippen LogP contribution in [0.15, 0.2) is 164 Å². The molecule has 1 heterocycles. The summed E-state index contributed by atoms with van der Waals surface area (Å²) in [6.45, 7) is 0. The number of rotatable bonds is 5. The molecule has 0 saturated carbocycles. The first kappa shape index (κ1) is 25.8. The normalized spacial score (nSPS) is 11.2. The van der Waals surface area contributed by atoms with Gasteiger partial charge in [0.2, 0.25) is 0 Å². The van der Waals surface area contributed by atoms with Gasteiger partial charge in [0.1, 0.15) is 0 Å². The van der Waals surface area contributed by atoms with Crippen LogP contribution in [0.2, 0.25) is 0 Å². The fraction of sp³-hybridized carbons (Fsp3) is 0. The van der Waals surface area contributed by atoms with E-state index in [0.29, 0.717) is 17.5 Å². The molecule has 0 aliphatic rings. The van der Waals surface area contributed by atoms with E-state index in [-0.39, 0.29) is 0 Å². The summed E-state index contributed by atoms with van der Waals surface area (Å²) in [5.74, 6) is 1.95. The summed E-state index contributed by atoms with van der Waals surface area (Å²) in [6, 6.07) is 57.0. The van der Waals surface area contributed by atoms with Crippen LogP contribution in [0, 0.1) is 0 Å². The lowest BCUT2D eigenvalue weighted by molar-refractivity contribution is 1.08. The van der Waals surface area contributed by atoms with Gasteiger partial charge in [-0.25, -0.2) is 15.0 Å². The van der Waals surface area contributed by atoms with Gasteiger partial charge >= 0.3 is 0 Å². The van der Waals surface area contributed by atoms with Crippen molar-refractivity contribution in [1.82, 2.24) is 15.0 Å². The van der Waals surface area contributed by atoms with Crippen LogP contribution in [0.1, 0.15) is 0 Å². The molecule has 0 atom stereocenters. The Labute approximate surface area is 256 Å². The van der Waals surface area contributed by atoms with Crippen molar-refractivity contribution in [2.45, 2.75) is 0 Å². The summed E-state index contributed by atoms with van der Waals surface area (Å²) >= 11 is 0. The third-order valence-electron chi connectivity index (χ3n) is 8.13. The van der Waals surface area contributed by atoms with Crippen molar-refractivity contribution in [2.24, 2.45) is 0 Å². The molecule has 3 heteroatoms. The molecule has 7 aromatic carbocycles. The molecular formula is C41H27N3. The number of hydrogen-bond donors (Lipinski definition) is 0. The Bertz CT molecular complexity index is 2270. The summed E-state index contributed by atoms with van der Waals surface area (Å²) in [5.41, 5.74) is 7.43. The molecule has 0 spiro atoms. The lowest BCUT2D eigenvalue weighted by atomic mass is 9.96. The highest BCUT2D eigenvalue weighted by Crippen LogP contribution is 2.36. The fourth-order valence-electron chi connectivity index (χ4n) is 5.90. The maximum atomic E-state index is 5.18. The maximum Gasteiger partial charge on any atom is 0.164 e. The first-order valence-electron chi connectivity index (χ1n) is 14.8. The van der Waals surface area contributed by atoms with E-state index in [2.05, 4.69) is 140 Å². The van der Waals surface area contributed by atoms with Crippen LogP contribution in [0.25, 0.3) is 78.0 Å². The molecule has 0 fully saturated rings. The van der Waals surface area contributed by atoms with Gasteiger partial charge in [-0.3, -0.25) is 0 Å². The maximum absolute atomic E-state index is 5.18. The van der Waals surface area contributed by atoms with Crippen molar-refractivity contribution in [2.75, 3.05) is 0 Å². The molecule has 0 N–H and O–H groups in total. The van der Waals surface area contributed by atoms with Gasteiger partial charge in [0, 0.05) is 16.7 Å². The monoisotopic (exact) mass is 561 g/mol. The van der Waals surface area contributed by atoms with Gasteiger partial charge in [-0.2, -0.15) is 0 Å². The highest BCUT2D eigenvalue weighted by atomic mass is 15.0. The first-order chi connectivity index (χ1) is 21.8. The van der Waals surface area contributed by atoms with E-state index in [9.17, 15) is 0 Å². The van der Waals surface area contributed by atoms with E-state index in [0.717, 1.165) is 44.2 Å². The Morgan fingerprint density at radius 3 is 1.61 bits per heavy atom. The minimum atomic E-state index is 0.647. The average Bonchev–Trinajstić information content (AvgIpc) is 3.11. The van der Waals surface area contributed by atoms with Crippen LogP contribution < -0.4 is 0 Å². The van der Waals surface area contributed by atoms with E-state index >= 15 is 0 Å². The van der Waals surface area contributed by atoms with Crippen LogP contribution in [-0.4, -0.2) is 15.0 Å². The minimum Gasteiger partial charge on any atom is -0.208 e. The minimum absolute atomic E-state index is 0.647. The molecule has 3 nitrogen and oxygen atoms in total. The first-order valence-corrected chi connectivity index (χ1v) is 14.8. The molecule has 0 radical (unpaired) electrons. The number of benzene rings is 7. The number of fused-ring (bicyclic) bond motifs is 2. The Hall–Kier alpha value is -5.93. The Morgan fingerprint density at radius 2 is 0.818 bits per heavy atom. The Kier molecular flexibility index (Phi) is 6.47. The van der Waals surface area contributed by atoms with Crippen LogP contribution in [0.3, 0.4) is 0 Å². The van der Waals surface area contributed by atoms with Crippen molar-refractivity contribution in [3.05, 3.63) is 164 Å². The van der Waals surface area contributed by atoms with Gasteiger partial charge in [0.15, 0.2) is 17.5 Å². The zero-order valence-electron chi connectivity index (χ0n) is 23.9. The molecule has 0 aliphatic heterocycles. The Morgan fingerprint density at radius 1 is 0.273 bits per heavy atom. The zero-order chi connectivity index (χ0) is 29.3. The second-order valence-corrected chi connectivity index (χ2v) is 10.9. The smallest absolute Gasteiger partial charge is 0.164 e. The van der Waals surface area contributed by atoms with Crippen molar-refractivity contribution in [3.63, 3.8) is 0 Å². The van der Waals surface area contributed by atoms with Gasteiger partial charge in [-0.1, -0.05) is 152 Å². The molecule has 0 saturated heterocycles. The van der Waals surface area contributed by atoms with Gasteiger partial charge in [-0.15, -0.1) is 0 Å². The SMILES string of the molecule is c1ccc(-c2ccc3cccc(-c4nc(-c5ccccc5)nc(-c5ccccc5-c5ccc6ccccc6c5)n4)c3c2)cc1. The van der Waals surface area contributed by atoms with Gasteiger partial charge in [0.05, 0.1) is 0 Å². The van der Waals surface area contributed by atoms with Crippen LogP contribution >= 0.6 is 0 Å². The Balaban J connectivity index is 1.35. The summed E-state index contributed by atoms with van der Waals surface area (Å²) in [7, 11) is 0. The third kappa shape index (κ3) is 4.81. The van der Waals surface area contributed by atoms with E-state index < -0.39 is 0 Å². The topological polar surface area (TPSA) is 38.7 Å². The van der Waals surface area contributed by atoms with Crippen LogP contribution in [-0.2, 0) is 0 Å². The second kappa shape index (κ2) is 11.0. The number of hydrogen-bond acceptors (Lipinski definition) is 3. The molecule has 0 unspecified atom stereocenters. The number of nitrogens with zero attached hydrogens (tertiary/aromatic N) is 3. The summed E-state index contributed by atoms with van der Waals surface area (Å²) in [5, 5.41) is 4.66. The molecule has 1 aromatic heterocycles. The molecular weight excluding hydrogens is 534 g/mol. The predicted molar refractivity (Wildman–Crippen MR) is 182 cm³/mol. The molecule has 0 amide bonds. The fourth-order valence-corrected chi connectivity index (χ4v) is 5.90. The quantitative estimate of drug-likeness (QED) is 0.210. The van der Waals surface area contributed by atoms with Crippen molar-refractivity contribution < 1.29 is 0 Å². The predicted octanol–water partition coefficient (Wildman–Crippen LogP) is 10.5.